The molecule has 0 fully saturated rings. The molecule has 0 aliphatic heterocycles. The van der Waals surface area contributed by atoms with Gasteiger partial charge in [0.05, 0.1) is 12.4 Å². The monoisotopic (exact) mass is 374 g/mol. The van der Waals surface area contributed by atoms with Gasteiger partial charge in [0.25, 0.3) is 10.1 Å². The maximum Gasteiger partial charge on any atom is 0.264 e. The molecular weight excluding hydrogens is 332 g/mol. The number of unbranched alkanes of at least 4 members (excludes halogenated alkanes) is 6. The Hall–Kier alpha value is -0.350. The van der Waals surface area contributed by atoms with E-state index in [9.17, 15) is 8.42 Å². The van der Waals surface area contributed by atoms with E-state index < -0.39 is 10.1 Å². The number of rotatable bonds is 17. The SMILES string of the molecule is C=CCCCCCCC[C@@H](C)C[C@@H](C[C@@H](C)CCCC)OS(C)(=O)=O. The van der Waals surface area contributed by atoms with Crippen molar-refractivity contribution in [1.82, 2.24) is 0 Å². The van der Waals surface area contributed by atoms with Gasteiger partial charge in [-0.2, -0.15) is 8.42 Å². The van der Waals surface area contributed by atoms with E-state index in [-0.39, 0.29) is 6.10 Å². The molecule has 0 amide bonds. The van der Waals surface area contributed by atoms with Gasteiger partial charge in [-0.3, -0.25) is 4.18 Å². The normalized spacial score (nSPS) is 15.7. The number of hydrogen-bond donors (Lipinski definition) is 0. The molecule has 4 heteroatoms. The largest absolute Gasteiger partial charge is 0.267 e. The minimum atomic E-state index is -3.38. The van der Waals surface area contributed by atoms with Gasteiger partial charge < -0.3 is 0 Å². The van der Waals surface area contributed by atoms with Gasteiger partial charge in [0.1, 0.15) is 0 Å². The van der Waals surface area contributed by atoms with Crippen LogP contribution in [0.25, 0.3) is 0 Å². The fourth-order valence-corrected chi connectivity index (χ4v) is 4.07. The second-order valence-corrected chi connectivity index (χ2v) is 9.48. The smallest absolute Gasteiger partial charge is 0.264 e. The second-order valence-electron chi connectivity index (χ2n) is 7.88. The first-order chi connectivity index (χ1) is 11.8. The molecule has 0 aromatic heterocycles. The lowest BCUT2D eigenvalue weighted by Crippen LogP contribution is -2.23. The van der Waals surface area contributed by atoms with Gasteiger partial charge in [-0.05, 0) is 37.5 Å². The lowest BCUT2D eigenvalue weighted by Gasteiger charge is -2.23. The van der Waals surface area contributed by atoms with E-state index in [0.29, 0.717) is 11.8 Å². The molecule has 0 radical (unpaired) electrons. The van der Waals surface area contributed by atoms with Crippen LogP contribution >= 0.6 is 0 Å². The van der Waals surface area contributed by atoms with Gasteiger partial charge in [-0.1, -0.05) is 78.2 Å². The third-order valence-electron chi connectivity index (χ3n) is 4.80. The summed E-state index contributed by atoms with van der Waals surface area (Å²) in [4.78, 5) is 0. The maximum atomic E-state index is 11.6. The van der Waals surface area contributed by atoms with Gasteiger partial charge in [-0.25, -0.2) is 0 Å². The first kappa shape index (κ1) is 24.7. The summed E-state index contributed by atoms with van der Waals surface area (Å²) in [6, 6.07) is 0. The predicted molar refractivity (Wildman–Crippen MR) is 109 cm³/mol. The maximum absolute atomic E-state index is 11.6. The summed E-state index contributed by atoms with van der Waals surface area (Å²) in [5.74, 6) is 1.03. The topological polar surface area (TPSA) is 43.4 Å². The van der Waals surface area contributed by atoms with Crippen LogP contribution in [0.1, 0.15) is 97.8 Å². The summed E-state index contributed by atoms with van der Waals surface area (Å²) >= 11 is 0. The summed E-state index contributed by atoms with van der Waals surface area (Å²) < 4.78 is 28.5. The van der Waals surface area contributed by atoms with Gasteiger partial charge in [0.15, 0.2) is 0 Å². The highest BCUT2D eigenvalue weighted by Crippen LogP contribution is 2.24. The Labute approximate surface area is 157 Å². The molecule has 0 unspecified atom stereocenters. The van der Waals surface area contributed by atoms with Crippen molar-refractivity contribution in [2.24, 2.45) is 11.8 Å². The summed E-state index contributed by atoms with van der Waals surface area (Å²) in [7, 11) is -3.38. The minimum absolute atomic E-state index is 0.163. The fraction of sp³-hybridized carbons (Fsp3) is 0.905. The molecule has 0 aromatic carbocycles. The lowest BCUT2D eigenvalue weighted by atomic mass is 9.90. The van der Waals surface area contributed by atoms with E-state index in [1.165, 1.54) is 51.2 Å². The Morgan fingerprint density at radius 1 is 0.920 bits per heavy atom. The van der Waals surface area contributed by atoms with Crippen LogP contribution in [0.2, 0.25) is 0 Å². The molecule has 25 heavy (non-hydrogen) atoms. The van der Waals surface area contributed by atoms with Gasteiger partial charge in [0, 0.05) is 0 Å². The van der Waals surface area contributed by atoms with Crippen LogP contribution in [0, 0.1) is 11.8 Å². The van der Waals surface area contributed by atoms with Crippen molar-refractivity contribution in [3.63, 3.8) is 0 Å². The Morgan fingerprint density at radius 2 is 1.44 bits per heavy atom. The summed E-state index contributed by atoms with van der Waals surface area (Å²) in [5, 5.41) is 0. The Kier molecular flexibility index (Phi) is 14.6. The first-order valence-corrected chi connectivity index (χ1v) is 12.1. The molecular formula is C21H42O3S. The van der Waals surface area contributed by atoms with Crippen LogP contribution in [0.15, 0.2) is 12.7 Å². The standard InChI is InChI=1S/C21H42O3S/c1-6-8-10-11-12-13-14-16-20(4)18-21(24-25(5,22)23)17-19(3)15-9-7-2/h6,19-21H,1,7-18H2,2-5H3/t19-,20+,21+/m0/s1. The van der Waals surface area contributed by atoms with Crippen molar-refractivity contribution in [3.05, 3.63) is 12.7 Å². The highest BCUT2D eigenvalue weighted by Gasteiger charge is 2.21. The molecule has 0 N–H and O–H groups in total. The third kappa shape index (κ3) is 16.8. The second kappa shape index (κ2) is 14.8. The minimum Gasteiger partial charge on any atom is -0.267 e. The summed E-state index contributed by atoms with van der Waals surface area (Å²) in [6.45, 7) is 10.4. The molecule has 150 valence electrons. The van der Waals surface area contributed by atoms with Gasteiger partial charge in [-0.15, -0.1) is 6.58 Å². The van der Waals surface area contributed by atoms with Crippen LogP contribution in [-0.2, 0) is 14.3 Å². The van der Waals surface area contributed by atoms with E-state index in [0.717, 1.165) is 32.1 Å². The molecule has 0 rings (SSSR count). The van der Waals surface area contributed by atoms with E-state index in [1.807, 2.05) is 6.08 Å². The first-order valence-electron chi connectivity index (χ1n) is 10.3. The Morgan fingerprint density at radius 3 is 1.96 bits per heavy atom. The van der Waals surface area contributed by atoms with Crippen molar-refractivity contribution in [2.75, 3.05) is 6.26 Å². The molecule has 0 aromatic rings. The third-order valence-corrected chi connectivity index (χ3v) is 5.42. The van der Waals surface area contributed by atoms with Crippen molar-refractivity contribution in [2.45, 2.75) is 104 Å². The zero-order valence-electron chi connectivity index (χ0n) is 17.1. The van der Waals surface area contributed by atoms with E-state index >= 15 is 0 Å². The zero-order chi connectivity index (χ0) is 19.1. The average molecular weight is 375 g/mol. The predicted octanol–water partition coefficient (Wildman–Crippen LogP) is 6.49. The van der Waals surface area contributed by atoms with Crippen molar-refractivity contribution >= 4 is 10.1 Å². The fourth-order valence-electron chi connectivity index (χ4n) is 3.42. The zero-order valence-corrected chi connectivity index (χ0v) is 18.0. The van der Waals surface area contributed by atoms with Crippen LogP contribution in [0.4, 0.5) is 0 Å². The van der Waals surface area contributed by atoms with Crippen molar-refractivity contribution in [1.29, 1.82) is 0 Å². The highest BCUT2D eigenvalue weighted by molar-refractivity contribution is 7.86. The van der Waals surface area contributed by atoms with Crippen LogP contribution in [0.3, 0.4) is 0 Å². The number of hydrogen-bond acceptors (Lipinski definition) is 3. The Balaban J connectivity index is 4.17. The molecule has 0 aliphatic carbocycles. The van der Waals surface area contributed by atoms with Crippen molar-refractivity contribution in [3.8, 4) is 0 Å². The molecule has 0 aliphatic rings. The van der Waals surface area contributed by atoms with E-state index in [1.54, 1.807) is 0 Å². The van der Waals surface area contributed by atoms with E-state index in [2.05, 4.69) is 27.4 Å². The van der Waals surface area contributed by atoms with Crippen LogP contribution in [0.5, 0.6) is 0 Å². The molecule has 0 spiro atoms. The molecule has 0 heterocycles. The quantitative estimate of drug-likeness (QED) is 0.166. The van der Waals surface area contributed by atoms with Crippen LogP contribution in [-0.4, -0.2) is 20.8 Å². The Bertz CT molecular complexity index is 417. The molecule has 3 atom stereocenters. The van der Waals surface area contributed by atoms with Gasteiger partial charge >= 0.3 is 0 Å². The summed E-state index contributed by atoms with van der Waals surface area (Å²) in [5.41, 5.74) is 0. The van der Waals surface area contributed by atoms with Crippen molar-refractivity contribution < 1.29 is 12.6 Å². The summed E-state index contributed by atoms with van der Waals surface area (Å²) in [6.07, 6.45) is 16.8. The molecule has 0 saturated heterocycles. The van der Waals surface area contributed by atoms with E-state index in [4.69, 9.17) is 4.18 Å². The average Bonchev–Trinajstić information content (AvgIpc) is 2.50. The van der Waals surface area contributed by atoms with Crippen LogP contribution < -0.4 is 0 Å². The number of allylic oxidation sites excluding steroid dienone is 1. The molecule has 0 bridgehead atoms. The molecule has 3 nitrogen and oxygen atoms in total. The lowest BCUT2D eigenvalue weighted by molar-refractivity contribution is 0.146. The van der Waals surface area contributed by atoms with Gasteiger partial charge in [0.2, 0.25) is 0 Å². The molecule has 0 saturated carbocycles. The highest BCUT2D eigenvalue weighted by atomic mass is 32.2.